The van der Waals surface area contributed by atoms with Crippen LogP contribution in [0.15, 0.2) is 5.10 Å². The third-order valence-corrected chi connectivity index (χ3v) is 3.08. The van der Waals surface area contributed by atoms with Gasteiger partial charge in [-0.25, -0.2) is 4.90 Å². The Morgan fingerprint density at radius 3 is 2.57 bits per heavy atom. The highest BCUT2D eigenvalue weighted by Crippen LogP contribution is 2.30. The normalized spacial score (nSPS) is 22.2. The Bertz CT molecular complexity index is 219. The van der Waals surface area contributed by atoms with E-state index < -0.39 is 10.5 Å². The minimum absolute atomic E-state index is 0.295. The van der Waals surface area contributed by atoms with Crippen molar-refractivity contribution in [1.82, 2.24) is 9.91 Å². The van der Waals surface area contributed by atoms with E-state index in [1.165, 1.54) is 5.01 Å². The van der Waals surface area contributed by atoms with Crippen LogP contribution < -0.4 is 0 Å². The van der Waals surface area contributed by atoms with E-state index in [2.05, 4.69) is 5.10 Å². The first-order chi connectivity index (χ1) is 6.46. The molecular weight excluding hydrogens is 310 g/mol. The van der Waals surface area contributed by atoms with E-state index >= 15 is 0 Å². The number of alkyl halides is 4. The van der Waals surface area contributed by atoms with Gasteiger partial charge < -0.3 is 0 Å². The average Bonchev–Trinajstić information content (AvgIpc) is 2.42. The summed E-state index contributed by atoms with van der Waals surface area (Å²) in [4.78, 5) is 0.295. The first kappa shape index (κ1) is 11.9. The summed E-state index contributed by atoms with van der Waals surface area (Å²) < 4.78 is 36.2. The van der Waals surface area contributed by atoms with E-state index in [0.717, 1.165) is 19.2 Å². The lowest BCUT2D eigenvalue weighted by Gasteiger charge is -2.26. The molecule has 0 aromatic heterocycles. The van der Waals surface area contributed by atoms with Crippen LogP contribution in [0.25, 0.3) is 0 Å². The van der Waals surface area contributed by atoms with Crippen LogP contribution in [0.3, 0.4) is 0 Å². The Hall–Kier alpha value is -0.210. The lowest BCUT2D eigenvalue weighted by Crippen LogP contribution is -2.43. The van der Waals surface area contributed by atoms with E-state index in [9.17, 15) is 13.2 Å². The van der Waals surface area contributed by atoms with Crippen LogP contribution >= 0.6 is 22.6 Å². The summed E-state index contributed by atoms with van der Waals surface area (Å²) >= 11 is 1.73. The van der Waals surface area contributed by atoms with Gasteiger partial charge in [-0.15, -0.1) is 13.2 Å². The highest BCUT2D eigenvalue weighted by atomic mass is 127. The topological polar surface area (TPSA) is 18.8 Å². The summed E-state index contributed by atoms with van der Waals surface area (Å²) in [7, 11) is 0. The SMILES string of the molecule is CCCCN1N=CN(C(F)(F)F)C1I. The van der Waals surface area contributed by atoms with Crippen LogP contribution in [0.4, 0.5) is 13.2 Å². The standard InChI is InChI=1S/C7H11F3IN3/c1-2-3-4-14-6(11)13(5-12-14)7(8,9)10/h5-6H,2-4H2,1H3. The smallest absolute Gasteiger partial charge is 0.264 e. The molecule has 0 amide bonds. The van der Waals surface area contributed by atoms with Crippen molar-refractivity contribution in [2.45, 2.75) is 30.2 Å². The summed E-state index contributed by atoms with van der Waals surface area (Å²) in [5.74, 6) is 0. The number of nitrogens with zero attached hydrogens (tertiary/aromatic N) is 3. The van der Waals surface area contributed by atoms with Crippen LogP contribution in [-0.2, 0) is 0 Å². The molecule has 0 N–H and O–H groups in total. The molecule has 0 radical (unpaired) electrons. The summed E-state index contributed by atoms with van der Waals surface area (Å²) in [6.07, 6.45) is -1.70. The predicted molar refractivity (Wildman–Crippen MR) is 55.8 cm³/mol. The first-order valence-corrected chi connectivity index (χ1v) is 5.51. The number of halogens is 4. The fourth-order valence-electron chi connectivity index (χ4n) is 1.05. The van der Waals surface area contributed by atoms with Crippen LogP contribution in [0.2, 0.25) is 0 Å². The first-order valence-electron chi connectivity index (χ1n) is 4.26. The monoisotopic (exact) mass is 321 g/mol. The maximum absolute atomic E-state index is 12.3. The van der Waals surface area contributed by atoms with Crippen molar-refractivity contribution in [1.29, 1.82) is 0 Å². The molecule has 0 aliphatic carbocycles. The number of unbranched alkanes of at least 4 members (excludes halogenated alkanes) is 1. The lowest BCUT2D eigenvalue weighted by molar-refractivity contribution is -0.222. The number of rotatable bonds is 3. The third kappa shape index (κ3) is 2.64. The molecule has 7 heteroatoms. The van der Waals surface area contributed by atoms with Gasteiger partial charge in [0.2, 0.25) is 0 Å². The number of hydrogen-bond donors (Lipinski definition) is 0. The molecule has 0 spiro atoms. The Labute approximate surface area is 94.1 Å². The van der Waals surface area contributed by atoms with E-state index in [1.54, 1.807) is 22.6 Å². The molecular formula is C7H11F3IN3. The molecule has 0 fully saturated rings. The van der Waals surface area contributed by atoms with Crippen molar-refractivity contribution in [2.24, 2.45) is 5.10 Å². The van der Waals surface area contributed by atoms with E-state index in [1.807, 2.05) is 6.92 Å². The van der Waals surface area contributed by atoms with Crippen molar-refractivity contribution in [3.8, 4) is 0 Å². The largest absolute Gasteiger partial charge is 0.488 e. The molecule has 3 nitrogen and oxygen atoms in total. The van der Waals surface area contributed by atoms with Crippen molar-refractivity contribution in [3.05, 3.63) is 0 Å². The highest BCUT2D eigenvalue weighted by molar-refractivity contribution is 14.1. The lowest BCUT2D eigenvalue weighted by atomic mass is 10.3. The summed E-state index contributed by atoms with van der Waals surface area (Å²) in [6.45, 7) is 2.55. The van der Waals surface area contributed by atoms with Gasteiger partial charge in [0.1, 0.15) is 6.34 Å². The number of hydrazone groups is 1. The van der Waals surface area contributed by atoms with Crippen LogP contribution in [0.5, 0.6) is 0 Å². The third-order valence-electron chi connectivity index (χ3n) is 1.83. The second kappa shape index (κ2) is 4.54. The average molecular weight is 321 g/mol. The zero-order valence-electron chi connectivity index (χ0n) is 7.63. The van der Waals surface area contributed by atoms with Crippen molar-refractivity contribution < 1.29 is 13.2 Å². The van der Waals surface area contributed by atoms with Crippen LogP contribution in [0, 0.1) is 0 Å². The minimum atomic E-state index is -4.34. The van der Waals surface area contributed by atoms with Gasteiger partial charge in [0.15, 0.2) is 4.17 Å². The van der Waals surface area contributed by atoms with E-state index in [0.29, 0.717) is 11.4 Å². The Morgan fingerprint density at radius 1 is 1.50 bits per heavy atom. The van der Waals surface area contributed by atoms with Crippen molar-refractivity contribution in [3.63, 3.8) is 0 Å². The Balaban J connectivity index is 2.52. The fraction of sp³-hybridized carbons (Fsp3) is 0.857. The van der Waals surface area contributed by atoms with Gasteiger partial charge >= 0.3 is 6.30 Å². The van der Waals surface area contributed by atoms with Gasteiger partial charge in [-0.05, 0) is 29.0 Å². The van der Waals surface area contributed by atoms with Gasteiger partial charge in [0.25, 0.3) is 0 Å². The van der Waals surface area contributed by atoms with Crippen molar-refractivity contribution in [2.75, 3.05) is 6.54 Å². The van der Waals surface area contributed by atoms with Crippen LogP contribution in [0.1, 0.15) is 19.8 Å². The van der Waals surface area contributed by atoms with Gasteiger partial charge in [-0.2, -0.15) is 5.10 Å². The van der Waals surface area contributed by atoms with Gasteiger partial charge in [-0.3, -0.25) is 5.01 Å². The number of hydrogen-bond acceptors (Lipinski definition) is 3. The predicted octanol–water partition coefficient (Wildman–Crippen LogP) is 2.59. The minimum Gasteiger partial charge on any atom is -0.264 e. The summed E-state index contributed by atoms with van der Waals surface area (Å²) in [6, 6.07) is 0. The van der Waals surface area contributed by atoms with E-state index in [4.69, 9.17) is 0 Å². The quantitative estimate of drug-likeness (QED) is 0.452. The molecule has 1 heterocycles. The summed E-state index contributed by atoms with van der Waals surface area (Å²) in [5, 5.41) is 5.15. The Morgan fingerprint density at radius 2 is 2.14 bits per heavy atom. The summed E-state index contributed by atoms with van der Waals surface area (Å²) in [5.41, 5.74) is 0. The molecule has 0 saturated carbocycles. The molecule has 1 unspecified atom stereocenters. The molecule has 1 aliphatic heterocycles. The van der Waals surface area contributed by atoms with Gasteiger partial charge in [0.05, 0.1) is 0 Å². The molecule has 0 saturated heterocycles. The maximum atomic E-state index is 12.3. The molecule has 1 atom stereocenters. The Kier molecular flexibility index (Phi) is 3.85. The second-order valence-corrected chi connectivity index (χ2v) is 4.05. The maximum Gasteiger partial charge on any atom is 0.488 e. The molecule has 1 rings (SSSR count). The molecule has 0 aromatic rings. The highest BCUT2D eigenvalue weighted by Gasteiger charge is 2.44. The molecule has 0 aromatic carbocycles. The zero-order chi connectivity index (χ0) is 10.8. The van der Waals surface area contributed by atoms with Crippen LogP contribution in [-0.4, -0.2) is 33.3 Å². The molecule has 0 bridgehead atoms. The fourth-order valence-corrected chi connectivity index (χ4v) is 1.93. The van der Waals surface area contributed by atoms with Crippen molar-refractivity contribution >= 4 is 28.9 Å². The second-order valence-electron chi connectivity index (χ2n) is 2.93. The zero-order valence-corrected chi connectivity index (χ0v) is 9.79. The van der Waals surface area contributed by atoms with Gasteiger partial charge in [0, 0.05) is 6.54 Å². The van der Waals surface area contributed by atoms with Gasteiger partial charge in [-0.1, -0.05) is 13.3 Å². The molecule has 82 valence electrons. The van der Waals surface area contributed by atoms with E-state index in [-0.39, 0.29) is 0 Å². The molecule has 1 aliphatic rings. The molecule has 14 heavy (non-hydrogen) atoms.